The van der Waals surface area contributed by atoms with Crippen LogP contribution in [0, 0.1) is 0 Å². The van der Waals surface area contributed by atoms with E-state index in [-0.39, 0.29) is 31.6 Å². The molecule has 0 saturated heterocycles. The molecule has 0 aliphatic heterocycles. The topological polar surface area (TPSA) is 121 Å². The molecule has 0 radical (unpaired) electrons. The van der Waals surface area contributed by atoms with Crippen molar-refractivity contribution < 1.29 is 24.5 Å². The van der Waals surface area contributed by atoms with E-state index in [0.717, 1.165) is 38.5 Å². The lowest BCUT2D eigenvalue weighted by molar-refractivity contribution is -0.120. The zero-order valence-electron chi connectivity index (χ0n) is 29.0. The Labute approximate surface area is 296 Å². The summed E-state index contributed by atoms with van der Waals surface area (Å²) in [6, 6.07) is 2.96. The summed E-state index contributed by atoms with van der Waals surface area (Å²) in [5.74, 6) is 0.437. The van der Waals surface area contributed by atoms with Gasteiger partial charge in [0, 0.05) is 35.9 Å². The normalized spacial score (nSPS) is 13.4. The fourth-order valence-corrected chi connectivity index (χ4v) is 6.55. The van der Waals surface area contributed by atoms with E-state index in [0.29, 0.717) is 30.7 Å². The van der Waals surface area contributed by atoms with Gasteiger partial charge in [-0.25, -0.2) is 0 Å². The molecular formula is C38H57N3O5S2. The van der Waals surface area contributed by atoms with Crippen LogP contribution in [-0.4, -0.2) is 76.0 Å². The van der Waals surface area contributed by atoms with Gasteiger partial charge < -0.3 is 25.6 Å². The Kier molecular flexibility index (Phi) is 26.1. The molecular weight excluding hydrogens is 643 g/mol. The molecule has 266 valence electrons. The number of nitrogens with one attached hydrogen (secondary N) is 2. The molecule has 0 fully saturated rings. The fraction of sp³-hybridized carbons (Fsp3) is 0.500. The zero-order valence-corrected chi connectivity index (χ0v) is 30.6. The third kappa shape index (κ3) is 22.6. The number of aromatic nitrogens is 1. The smallest absolute Gasteiger partial charge is 0.253 e. The van der Waals surface area contributed by atoms with Gasteiger partial charge in [-0.2, -0.15) is 0 Å². The zero-order chi connectivity index (χ0) is 35.1. The predicted octanol–water partition coefficient (Wildman–Crippen LogP) is 7.30. The van der Waals surface area contributed by atoms with Crippen molar-refractivity contribution in [3.63, 3.8) is 0 Å². The van der Waals surface area contributed by atoms with Gasteiger partial charge in [0.1, 0.15) is 6.10 Å². The second-order valence-electron chi connectivity index (χ2n) is 11.4. The Hall–Kier alpha value is -2.89. The molecule has 1 rings (SSSR count). The van der Waals surface area contributed by atoms with E-state index < -0.39 is 16.9 Å². The number of hydrogen-bond acceptors (Lipinski definition) is 8. The summed E-state index contributed by atoms with van der Waals surface area (Å²) < 4.78 is 5.21. The van der Waals surface area contributed by atoms with Gasteiger partial charge >= 0.3 is 0 Å². The molecule has 0 saturated carbocycles. The van der Waals surface area contributed by atoms with Gasteiger partial charge in [-0.3, -0.25) is 14.6 Å². The van der Waals surface area contributed by atoms with Crippen LogP contribution in [0.4, 0.5) is 0 Å². The lowest BCUT2D eigenvalue weighted by Crippen LogP contribution is -2.51. The Morgan fingerprint density at radius 2 is 1.46 bits per heavy atom. The molecule has 0 aliphatic carbocycles. The van der Waals surface area contributed by atoms with Crippen molar-refractivity contribution in [3.8, 4) is 0 Å². The van der Waals surface area contributed by atoms with E-state index in [1.807, 2.05) is 19.9 Å². The van der Waals surface area contributed by atoms with Crippen LogP contribution in [0.5, 0.6) is 0 Å². The number of nitrogens with zero attached hydrogens (tertiary/aromatic N) is 1. The number of aliphatic hydroxyl groups is 2. The lowest BCUT2D eigenvalue weighted by Gasteiger charge is -2.34. The van der Waals surface area contributed by atoms with Gasteiger partial charge in [-0.1, -0.05) is 101 Å². The van der Waals surface area contributed by atoms with Crippen molar-refractivity contribution >= 4 is 33.4 Å². The van der Waals surface area contributed by atoms with Gasteiger partial charge in [-0.05, 0) is 70.9 Å². The van der Waals surface area contributed by atoms with Crippen molar-refractivity contribution in [1.29, 1.82) is 0 Å². The number of allylic oxidation sites excluding steroid dienone is 12. The van der Waals surface area contributed by atoms with Crippen molar-refractivity contribution in [2.24, 2.45) is 0 Å². The van der Waals surface area contributed by atoms with Crippen LogP contribution in [-0.2, 0) is 9.53 Å². The summed E-state index contributed by atoms with van der Waals surface area (Å²) >= 11 is 0. The third-order valence-corrected chi connectivity index (χ3v) is 10.2. The number of pyridine rings is 1. The van der Waals surface area contributed by atoms with Crippen LogP contribution < -0.4 is 10.6 Å². The average Bonchev–Trinajstić information content (AvgIpc) is 3.09. The first-order valence-corrected chi connectivity index (χ1v) is 19.2. The quantitative estimate of drug-likeness (QED) is 0.0429. The number of aliphatic hydroxyl groups excluding tert-OH is 2. The average molecular weight is 700 g/mol. The van der Waals surface area contributed by atoms with Gasteiger partial charge in [0.05, 0.1) is 31.4 Å². The van der Waals surface area contributed by atoms with Crippen molar-refractivity contribution in [1.82, 2.24) is 15.6 Å². The molecule has 2 amide bonds. The van der Waals surface area contributed by atoms with Crippen LogP contribution >= 0.6 is 21.6 Å². The Morgan fingerprint density at radius 1 is 0.896 bits per heavy atom. The minimum atomic E-state index is -0.723. The molecule has 48 heavy (non-hydrogen) atoms. The van der Waals surface area contributed by atoms with Crippen molar-refractivity contribution in [3.05, 3.63) is 103 Å². The van der Waals surface area contributed by atoms with Crippen LogP contribution in [0.3, 0.4) is 0 Å². The van der Waals surface area contributed by atoms with Crippen LogP contribution in [0.15, 0.2) is 97.4 Å². The highest BCUT2D eigenvalue weighted by Crippen LogP contribution is 2.38. The monoisotopic (exact) mass is 699 g/mol. The van der Waals surface area contributed by atoms with E-state index in [1.165, 1.54) is 6.20 Å². The number of carbonyl (C=O) groups is 2. The second kappa shape index (κ2) is 29.1. The molecule has 1 aromatic rings. The van der Waals surface area contributed by atoms with E-state index in [9.17, 15) is 19.8 Å². The van der Waals surface area contributed by atoms with Gasteiger partial charge in [0.25, 0.3) is 5.91 Å². The summed E-state index contributed by atoms with van der Waals surface area (Å²) in [4.78, 5) is 29.1. The molecule has 0 bridgehead atoms. The summed E-state index contributed by atoms with van der Waals surface area (Å²) in [5.41, 5.74) is 0.434. The van der Waals surface area contributed by atoms with Crippen LogP contribution in [0.25, 0.3) is 0 Å². The first kappa shape index (κ1) is 43.1. The summed E-state index contributed by atoms with van der Waals surface area (Å²) in [6.45, 7) is 6.16. The standard InChI is InChI=1S/C38H57N3O5S2/c1-4-5-6-7-8-9-10-11-12-13-14-15-16-17-18-19-20-21-22-25-36(44)40-27-28-47-48-38(2,3)35(32-46-34(30-42)31-43)41-37(45)33-24-23-26-39-29-33/h5-6,8-9,11-12,14-15,17-18,20-21,23-24,26,29,34-35,42-43H,4,7,10,13,16,19,22,25,27-28,30-32H2,1-3H3,(H,40,44)(H,41,45)/b6-5-,9-8-,12-11-,15-14-,18-17-,21-20-. The maximum atomic E-state index is 12.8. The SMILES string of the molecule is CC/C=C\C/C=C\C/C=C\C/C=C\C/C=C\C/C=C\CCC(=O)NCCSSC(C)(C)C(COC(CO)CO)NC(=O)c1cccnc1. The van der Waals surface area contributed by atoms with E-state index in [4.69, 9.17) is 4.74 Å². The molecule has 10 heteroatoms. The highest BCUT2D eigenvalue weighted by Gasteiger charge is 2.33. The minimum absolute atomic E-state index is 0.0217. The van der Waals surface area contributed by atoms with Crippen molar-refractivity contribution in [2.75, 3.05) is 32.1 Å². The Bertz CT molecular complexity index is 1160. The molecule has 0 aliphatic rings. The Balaban J connectivity index is 2.25. The molecule has 8 nitrogen and oxygen atoms in total. The third-order valence-electron chi connectivity index (χ3n) is 6.89. The van der Waals surface area contributed by atoms with E-state index >= 15 is 0 Å². The predicted molar refractivity (Wildman–Crippen MR) is 204 cm³/mol. The van der Waals surface area contributed by atoms with E-state index in [1.54, 1.807) is 39.9 Å². The van der Waals surface area contributed by atoms with Crippen LogP contribution in [0.1, 0.15) is 82.5 Å². The highest BCUT2D eigenvalue weighted by atomic mass is 33.1. The first-order valence-electron chi connectivity index (χ1n) is 16.9. The van der Waals surface area contributed by atoms with Gasteiger partial charge in [0.15, 0.2) is 0 Å². The molecule has 0 aromatic carbocycles. The number of amides is 2. The summed E-state index contributed by atoms with van der Waals surface area (Å²) in [6.07, 6.45) is 35.3. The Morgan fingerprint density at radius 3 is 1.98 bits per heavy atom. The number of hydrogen-bond donors (Lipinski definition) is 4. The molecule has 1 heterocycles. The number of rotatable bonds is 27. The lowest BCUT2D eigenvalue weighted by atomic mass is 10.0. The van der Waals surface area contributed by atoms with Gasteiger partial charge in [0.2, 0.25) is 5.91 Å². The van der Waals surface area contributed by atoms with E-state index in [2.05, 4.69) is 89.4 Å². The maximum Gasteiger partial charge on any atom is 0.253 e. The summed E-state index contributed by atoms with van der Waals surface area (Å²) in [5, 5.41) is 24.8. The molecule has 1 unspecified atom stereocenters. The maximum absolute atomic E-state index is 12.8. The second-order valence-corrected chi connectivity index (χ2v) is 14.5. The minimum Gasteiger partial charge on any atom is -0.394 e. The molecule has 1 atom stereocenters. The number of carbonyl (C=O) groups excluding carboxylic acids is 2. The number of ether oxygens (including phenoxy) is 1. The largest absolute Gasteiger partial charge is 0.394 e. The first-order chi connectivity index (χ1) is 23.3. The molecule has 4 N–H and O–H groups in total. The summed E-state index contributed by atoms with van der Waals surface area (Å²) in [7, 11) is 3.19. The molecule has 0 spiro atoms. The van der Waals surface area contributed by atoms with Crippen molar-refractivity contribution in [2.45, 2.75) is 89.0 Å². The highest BCUT2D eigenvalue weighted by molar-refractivity contribution is 8.77. The fourth-order valence-electron chi connectivity index (χ4n) is 3.98. The van der Waals surface area contributed by atoms with Gasteiger partial charge in [-0.15, -0.1) is 0 Å². The van der Waals surface area contributed by atoms with Crippen LogP contribution in [0.2, 0.25) is 0 Å². The molecule has 1 aromatic heterocycles.